The topological polar surface area (TPSA) is 78.4 Å². The van der Waals surface area contributed by atoms with E-state index in [1.807, 2.05) is 29.8 Å². The second-order valence-electron chi connectivity index (χ2n) is 7.78. The van der Waals surface area contributed by atoms with Gasteiger partial charge in [-0.2, -0.15) is 10.2 Å². The Morgan fingerprint density at radius 1 is 0.971 bits per heavy atom. The maximum Gasteiger partial charge on any atom is 0.260 e. The molecule has 1 fully saturated rings. The number of pyridine rings is 1. The number of carbonyl (C=O) groups is 1. The number of carbonyl (C=O) groups excluding carboxylic acids is 1. The Morgan fingerprint density at radius 2 is 1.76 bits per heavy atom. The van der Waals surface area contributed by atoms with Crippen molar-refractivity contribution >= 4 is 33.9 Å². The van der Waals surface area contributed by atoms with Crippen LogP contribution in [-0.2, 0) is 6.54 Å². The van der Waals surface area contributed by atoms with Gasteiger partial charge in [-0.25, -0.2) is 14.4 Å². The summed E-state index contributed by atoms with van der Waals surface area (Å²) in [6.45, 7) is 3.67. The first-order chi connectivity index (χ1) is 16.7. The Hall–Kier alpha value is -3.92. The van der Waals surface area contributed by atoms with Crippen LogP contribution in [-0.4, -0.2) is 52.3 Å². The number of hydrogen-bond acceptors (Lipinski definition) is 8. The highest BCUT2D eigenvalue weighted by molar-refractivity contribution is 7.13. The van der Waals surface area contributed by atoms with Crippen LogP contribution in [0.5, 0.6) is 0 Å². The van der Waals surface area contributed by atoms with E-state index in [2.05, 4.69) is 25.0 Å². The van der Waals surface area contributed by atoms with Gasteiger partial charge < -0.3 is 14.7 Å². The summed E-state index contributed by atoms with van der Waals surface area (Å²) >= 11 is 1.56. The van der Waals surface area contributed by atoms with Crippen LogP contribution >= 0.6 is 11.3 Å². The predicted octanol–water partition coefficient (Wildman–Crippen LogP) is 3.64. The third-order valence-corrected chi connectivity index (χ3v) is 6.55. The van der Waals surface area contributed by atoms with Gasteiger partial charge in [0, 0.05) is 43.4 Å². The maximum absolute atomic E-state index is 13.5. The Kier molecular flexibility index (Phi) is 6.39. The number of hydrogen-bond donors (Lipinski definition) is 0. The summed E-state index contributed by atoms with van der Waals surface area (Å²) < 4.78 is 13.5. The molecule has 1 amide bonds. The molecule has 0 aliphatic carbocycles. The van der Waals surface area contributed by atoms with Gasteiger partial charge in [-0.15, -0.1) is 11.3 Å². The third-order valence-electron chi connectivity index (χ3n) is 5.60. The third kappa shape index (κ3) is 4.86. The molecule has 0 spiro atoms. The molecule has 0 atom stereocenters. The molecule has 1 aliphatic rings. The van der Waals surface area contributed by atoms with Crippen LogP contribution in [0.25, 0.3) is 0 Å². The summed E-state index contributed by atoms with van der Waals surface area (Å²) in [6, 6.07) is 13.4. The van der Waals surface area contributed by atoms with E-state index in [0.29, 0.717) is 11.3 Å². The van der Waals surface area contributed by atoms with E-state index in [9.17, 15) is 9.18 Å². The number of piperazine rings is 1. The van der Waals surface area contributed by atoms with Crippen LogP contribution in [0.4, 0.5) is 21.0 Å². The van der Waals surface area contributed by atoms with Gasteiger partial charge in [-0.1, -0.05) is 6.07 Å². The maximum atomic E-state index is 13.5. The molecule has 5 rings (SSSR count). The first-order valence-electron chi connectivity index (χ1n) is 10.9. The summed E-state index contributed by atoms with van der Waals surface area (Å²) in [5.74, 6) is 0.378. The Morgan fingerprint density at radius 3 is 2.47 bits per heavy atom. The molecule has 34 heavy (non-hydrogen) atoms. The van der Waals surface area contributed by atoms with Crippen LogP contribution in [0.3, 0.4) is 0 Å². The van der Waals surface area contributed by atoms with Gasteiger partial charge in [-0.05, 0) is 42.5 Å². The highest BCUT2D eigenvalue weighted by atomic mass is 32.1. The second-order valence-corrected chi connectivity index (χ2v) is 8.62. The molecular formula is C24H22FN7OS. The number of aromatic nitrogens is 4. The average Bonchev–Trinajstić information content (AvgIpc) is 3.37. The Bertz CT molecular complexity index is 1230. The van der Waals surface area contributed by atoms with Gasteiger partial charge >= 0.3 is 0 Å². The zero-order valence-electron chi connectivity index (χ0n) is 18.3. The smallest absolute Gasteiger partial charge is 0.260 e. The zero-order chi connectivity index (χ0) is 23.3. The number of anilines is 3. The van der Waals surface area contributed by atoms with E-state index >= 15 is 0 Å². The highest BCUT2D eigenvalue weighted by Gasteiger charge is 2.23. The molecular weight excluding hydrogens is 453 g/mol. The molecule has 4 aromatic rings. The standard InChI is InChI=1S/C24H22FN7OS/c25-19-4-6-21(7-5-19)32(23(33)18-8-10-27-28-15-18)16-20-17-34-24(29-20)31-13-11-30(12-14-31)22-3-1-2-9-26-22/h1-10,15,17H,11-14,16H2. The monoisotopic (exact) mass is 475 g/mol. The predicted molar refractivity (Wildman–Crippen MR) is 130 cm³/mol. The van der Waals surface area contributed by atoms with Crippen LogP contribution < -0.4 is 14.7 Å². The molecule has 10 heteroatoms. The van der Waals surface area contributed by atoms with Crippen molar-refractivity contribution in [2.45, 2.75) is 6.54 Å². The largest absolute Gasteiger partial charge is 0.353 e. The van der Waals surface area contributed by atoms with Crippen molar-refractivity contribution in [1.82, 2.24) is 20.2 Å². The molecule has 1 aromatic carbocycles. The van der Waals surface area contributed by atoms with Gasteiger partial charge in [0.2, 0.25) is 0 Å². The van der Waals surface area contributed by atoms with Crippen molar-refractivity contribution in [2.24, 2.45) is 0 Å². The fraction of sp³-hybridized carbons (Fsp3) is 0.208. The lowest BCUT2D eigenvalue weighted by atomic mass is 10.2. The lowest BCUT2D eigenvalue weighted by molar-refractivity contribution is 0.0984. The van der Waals surface area contributed by atoms with Crippen molar-refractivity contribution in [1.29, 1.82) is 0 Å². The van der Waals surface area contributed by atoms with E-state index in [0.717, 1.165) is 42.8 Å². The number of halogens is 1. The van der Waals surface area contributed by atoms with Crippen LogP contribution in [0, 0.1) is 5.82 Å². The van der Waals surface area contributed by atoms with E-state index in [4.69, 9.17) is 4.98 Å². The van der Waals surface area contributed by atoms with Gasteiger partial charge in [0.25, 0.3) is 5.91 Å². The fourth-order valence-corrected chi connectivity index (χ4v) is 4.69. The lowest BCUT2D eigenvalue weighted by Crippen LogP contribution is -2.46. The molecule has 172 valence electrons. The minimum absolute atomic E-state index is 0.250. The number of thiazole rings is 1. The van der Waals surface area contributed by atoms with E-state index in [1.54, 1.807) is 34.4 Å². The molecule has 1 aliphatic heterocycles. The lowest BCUT2D eigenvalue weighted by Gasteiger charge is -2.35. The van der Waals surface area contributed by atoms with Crippen LogP contribution in [0.2, 0.25) is 0 Å². The first-order valence-corrected chi connectivity index (χ1v) is 11.7. The number of amides is 1. The quantitative estimate of drug-likeness (QED) is 0.421. The SMILES string of the molecule is O=C(c1ccnnc1)N(Cc1csc(N2CCN(c3ccccn3)CC2)n1)c1ccc(F)cc1. The summed E-state index contributed by atoms with van der Waals surface area (Å²) in [6.07, 6.45) is 4.71. The highest BCUT2D eigenvalue weighted by Crippen LogP contribution is 2.26. The number of nitrogens with zero attached hydrogens (tertiary/aromatic N) is 7. The van der Waals surface area contributed by atoms with Crippen molar-refractivity contribution in [3.8, 4) is 0 Å². The van der Waals surface area contributed by atoms with E-state index < -0.39 is 0 Å². The van der Waals surface area contributed by atoms with Crippen molar-refractivity contribution in [3.63, 3.8) is 0 Å². The first kappa shape index (κ1) is 21.9. The van der Waals surface area contributed by atoms with Gasteiger partial charge in [0.05, 0.1) is 30.2 Å². The minimum Gasteiger partial charge on any atom is -0.353 e. The van der Waals surface area contributed by atoms with E-state index in [-0.39, 0.29) is 18.3 Å². The summed E-state index contributed by atoms with van der Waals surface area (Å²) in [5.41, 5.74) is 1.76. The number of benzene rings is 1. The summed E-state index contributed by atoms with van der Waals surface area (Å²) in [5, 5.41) is 10.4. The van der Waals surface area contributed by atoms with Crippen LogP contribution in [0.1, 0.15) is 16.1 Å². The summed E-state index contributed by atoms with van der Waals surface area (Å²) in [7, 11) is 0. The fourth-order valence-electron chi connectivity index (χ4n) is 3.82. The van der Waals surface area contributed by atoms with Crippen molar-refractivity contribution in [2.75, 3.05) is 40.9 Å². The van der Waals surface area contributed by atoms with E-state index in [1.165, 1.54) is 24.5 Å². The molecule has 8 nitrogen and oxygen atoms in total. The minimum atomic E-state index is -0.359. The number of rotatable bonds is 6. The molecule has 4 heterocycles. The molecule has 1 saturated heterocycles. The Labute approximate surface area is 200 Å². The average molecular weight is 476 g/mol. The van der Waals surface area contributed by atoms with Gasteiger partial charge in [-0.3, -0.25) is 4.79 Å². The molecule has 0 saturated carbocycles. The van der Waals surface area contributed by atoms with Crippen molar-refractivity contribution in [3.05, 3.63) is 89.6 Å². The zero-order valence-corrected chi connectivity index (χ0v) is 19.1. The Balaban J connectivity index is 1.31. The molecule has 0 radical (unpaired) electrons. The molecule has 0 bridgehead atoms. The normalized spacial score (nSPS) is 13.7. The molecule has 3 aromatic heterocycles. The summed E-state index contributed by atoms with van der Waals surface area (Å²) in [4.78, 5) is 28.6. The second kappa shape index (κ2) is 9.92. The molecule has 0 unspecified atom stereocenters. The molecule has 0 N–H and O–H groups in total. The van der Waals surface area contributed by atoms with Crippen molar-refractivity contribution < 1.29 is 9.18 Å². The van der Waals surface area contributed by atoms with Crippen LogP contribution in [0.15, 0.2) is 72.5 Å². The van der Waals surface area contributed by atoms with Gasteiger partial charge in [0.1, 0.15) is 11.6 Å². The van der Waals surface area contributed by atoms with Gasteiger partial charge in [0.15, 0.2) is 5.13 Å².